The zero-order valence-corrected chi connectivity index (χ0v) is 21.6. The van der Waals surface area contributed by atoms with Crippen LogP contribution in [0.25, 0.3) is 6.08 Å². The van der Waals surface area contributed by atoms with Gasteiger partial charge in [0.15, 0.2) is 0 Å². The van der Waals surface area contributed by atoms with Crippen LogP contribution in [0.3, 0.4) is 0 Å². The largest absolute Gasteiger partial charge is 0.494 e. The number of carbonyl (C=O) groups excluding carboxylic acids is 3. The molecule has 0 bridgehead atoms. The molecule has 0 aromatic heterocycles. The van der Waals surface area contributed by atoms with Gasteiger partial charge in [-0.1, -0.05) is 51.8 Å². The van der Waals surface area contributed by atoms with Crippen molar-refractivity contribution in [3.05, 3.63) is 98.3 Å². The number of ether oxygens (including phenoxy) is 1. The Bertz CT molecular complexity index is 1420. The van der Waals surface area contributed by atoms with Crippen LogP contribution in [0.4, 0.5) is 14.9 Å². The molecule has 3 aromatic rings. The van der Waals surface area contributed by atoms with Gasteiger partial charge in [-0.25, -0.2) is 14.1 Å². The van der Waals surface area contributed by atoms with E-state index in [1.165, 1.54) is 12.1 Å². The summed E-state index contributed by atoms with van der Waals surface area (Å²) in [5.74, 6) is -1.33. The molecule has 6 nitrogen and oxygen atoms in total. The van der Waals surface area contributed by atoms with E-state index in [9.17, 15) is 18.8 Å². The van der Waals surface area contributed by atoms with Gasteiger partial charge in [0.1, 0.15) is 17.1 Å². The molecule has 184 valence electrons. The summed E-state index contributed by atoms with van der Waals surface area (Å²) < 4.78 is 20.7. The summed E-state index contributed by atoms with van der Waals surface area (Å²) in [4.78, 5) is 39.5. The molecule has 0 spiro atoms. The highest BCUT2D eigenvalue weighted by molar-refractivity contribution is 9.10. The lowest BCUT2D eigenvalue weighted by Gasteiger charge is -2.27. The van der Waals surface area contributed by atoms with Crippen molar-refractivity contribution in [2.45, 2.75) is 27.2 Å². The molecule has 0 saturated carbocycles. The van der Waals surface area contributed by atoms with Gasteiger partial charge in [0.25, 0.3) is 11.8 Å². The van der Waals surface area contributed by atoms with Crippen molar-refractivity contribution in [1.29, 1.82) is 0 Å². The molecule has 0 radical (unpaired) electrons. The van der Waals surface area contributed by atoms with Crippen LogP contribution in [0.1, 0.15) is 34.7 Å². The van der Waals surface area contributed by atoms with Crippen molar-refractivity contribution >= 4 is 45.5 Å². The molecule has 0 unspecified atom stereocenters. The smallest absolute Gasteiger partial charge is 0.335 e. The molecule has 0 atom stereocenters. The van der Waals surface area contributed by atoms with Crippen molar-refractivity contribution < 1.29 is 23.5 Å². The fraction of sp³-hybridized carbons (Fsp3) is 0.179. The molecule has 8 heteroatoms. The summed E-state index contributed by atoms with van der Waals surface area (Å²) in [6.07, 6.45) is 1.70. The second kappa shape index (κ2) is 10.5. The quantitative estimate of drug-likeness (QED) is 0.308. The number of hydrogen-bond acceptors (Lipinski definition) is 4. The number of barbiturate groups is 1. The summed E-state index contributed by atoms with van der Waals surface area (Å²) >= 11 is 3.54. The monoisotopic (exact) mass is 550 g/mol. The summed E-state index contributed by atoms with van der Waals surface area (Å²) in [7, 11) is 0. The van der Waals surface area contributed by atoms with Crippen molar-refractivity contribution in [3.63, 3.8) is 0 Å². The molecular weight excluding hydrogens is 527 g/mol. The third kappa shape index (κ3) is 5.09. The average molecular weight is 551 g/mol. The number of benzene rings is 3. The van der Waals surface area contributed by atoms with E-state index in [1.54, 1.807) is 49.4 Å². The van der Waals surface area contributed by atoms with Gasteiger partial charge < -0.3 is 4.74 Å². The Labute approximate surface area is 216 Å². The molecule has 0 aliphatic carbocycles. The third-order valence-electron chi connectivity index (χ3n) is 5.81. The Hall–Kier alpha value is -3.78. The van der Waals surface area contributed by atoms with Gasteiger partial charge in [-0.3, -0.25) is 14.9 Å². The van der Waals surface area contributed by atoms with Gasteiger partial charge in [0.05, 0.1) is 12.3 Å². The maximum Gasteiger partial charge on any atom is 0.335 e. The van der Waals surface area contributed by atoms with Crippen LogP contribution in [-0.4, -0.2) is 24.5 Å². The average Bonchev–Trinajstić information content (AvgIpc) is 2.81. The topological polar surface area (TPSA) is 75.7 Å². The van der Waals surface area contributed by atoms with Gasteiger partial charge in [-0.05, 0) is 67.8 Å². The summed E-state index contributed by atoms with van der Waals surface area (Å²) in [5.41, 5.74) is 3.67. The molecule has 1 N–H and O–H groups in total. The molecular formula is C28H24BrFN2O4. The number of nitrogens with one attached hydrogen (secondary N) is 1. The predicted octanol–water partition coefficient (Wildman–Crippen LogP) is 5.86. The first-order valence-electron chi connectivity index (χ1n) is 11.4. The highest BCUT2D eigenvalue weighted by Gasteiger charge is 2.37. The van der Waals surface area contributed by atoms with E-state index in [-0.39, 0.29) is 17.8 Å². The number of hydrogen-bond donors (Lipinski definition) is 1. The molecule has 1 aliphatic heterocycles. The molecule has 4 rings (SSSR count). The number of urea groups is 1. The van der Waals surface area contributed by atoms with Gasteiger partial charge in [0, 0.05) is 16.5 Å². The normalized spacial score (nSPS) is 14.9. The fourth-order valence-corrected chi connectivity index (χ4v) is 4.70. The van der Waals surface area contributed by atoms with Crippen molar-refractivity contribution in [3.8, 4) is 5.75 Å². The van der Waals surface area contributed by atoms with Gasteiger partial charge in [-0.15, -0.1) is 0 Å². The zero-order valence-electron chi connectivity index (χ0n) is 20.0. The number of nitrogens with zero attached hydrogens (tertiary/aromatic N) is 1. The van der Waals surface area contributed by atoms with Crippen LogP contribution in [-0.2, 0) is 16.0 Å². The summed E-state index contributed by atoms with van der Waals surface area (Å²) in [5, 5.41) is 2.25. The van der Waals surface area contributed by atoms with Crippen LogP contribution in [0.15, 0.2) is 64.6 Å². The Morgan fingerprint density at radius 2 is 1.81 bits per heavy atom. The van der Waals surface area contributed by atoms with Crippen LogP contribution < -0.4 is 15.0 Å². The van der Waals surface area contributed by atoms with Gasteiger partial charge in [-0.2, -0.15) is 0 Å². The number of amides is 4. The number of halogens is 2. The lowest BCUT2D eigenvalue weighted by molar-refractivity contribution is -0.122. The molecule has 4 amide bonds. The summed E-state index contributed by atoms with van der Waals surface area (Å²) in [6, 6.07) is 14.4. The van der Waals surface area contributed by atoms with Gasteiger partial charge in [0.2, 0.25) is 0 Å². The van der Waals surface area contributed by atoms with E-state index >= 15 is 0 Å². The Morgan fingerprint density at radius 1 is 1.06 bits per heavy atom. The lowest BCUT2D eigenvalue weighted by Crippen LogP contribution is -2.54. The van der Waals surface area contributed by atoms with Crippen LogP contribution in [0, 0.1) is 19.7 Å². The lowest BCUT2D eigenvalue weighted by atomic mass is 10.00. The maximum absolute atomic E-state index is 14.3. The third-order valence-corrected chi connectivity index (χ3v) is 6.52. The van der Waals surface area contributed by atoms with Crippen LogP contribution >= 0.6 is 15.9 Å². The minimum atomic E-state index is -0.800. The molecule has 3 aromatic carbocycles. The Morgan fingerprint density at radius 3 is 2.50 bits per heavy atom. The standard InChI is InChI=1S/C28H24BrFN2O4/c1-4-36-25-14-18(13-22(29)20(25)15-19-7-5-6-8-23(19)30)12-21-26(33)31-28(35)32(27(21)34)24-10-9-16(2)11-17(24)3/h5-14H,4,15H2,1-3H3,(H,31,33,35)/b21-12+. The van der Waals surface area contributed by atoms with E-state index < -0.39 is 17.8 Å². The maximum atomic E-state index is 14.3. The fourth-order valence-electron chi connectivity index (χ4n) is 4.10. The first-order valence-corrected chi connectivity index (χ1v) is 12.2. The van der Waals surface area contributed by atoms with Gasteiger partial charge >= 0.3 is 6.03 Å². The Kier molecular flexibility index (Phi) is 7.35. The molecule has 36 heavy (non-hydrogen) atoms. The second-order valence-electron chi connectivity index (χ2n) is 8.43. The van der Waals surface area contributed by atoms with E-state index in [1.807, 2.05) is 19.9 Å². The van der Waals surface area contributed by atoms with Crippen LogP contribution in [0.2, 0.25) is 0 Å². The number of anilines is 1. The van der Waals surface area contributed by atoms with E-state index in [0.29, 0.717) is 33.6 Å². The number of carbonyl (C=O) groups is 3. The zero-order chi connectivity index (χ0) is 26.0. The Balaban J connectivity index is 1.74. The number of rotatable bonds is 6. The SMILES string of the molecule is CCOc1cc(/C=C2\C(=O)NC(=O)N(c3ccc(C)cc3C)C2=O)cc(Br)c1Cc1ccccc1F. The molecule has 1 heterocycles. The van der Waals surface area contributed by atoms with Crippen molar-refractivity contribution in [2.75, 3.05) is 11.5 Å². The molecule has 1 saturated heterocycles. The highest BCUT2D eigenvalue weighted by Crippen LogP contribution is 2.33. The molecule has 1 fully saturated rings. The van der Waals surface area contributed by atoms with Crippen molar-refractivity contribution in [2.24, 2.45) is 0 Å². The van der Waals surface area contributed by atoms with E-state index in [4.69, 9.17) is 4.74 Å². The highest BCUT2D eigenvalue weighted by atomic mass is 79.9. The van der Waals surface area contributed by atoms with Crippen molar-refractivity contribution in [1.82, 2.24) is 5.32 Å². The first-order chi connectivity index (χ1) is 17.2. The number of aryl methyl sites for hydroxylation is 2. The predicted molar refractivity (Wildman–Crippen MR) is 139 cm³/mol. The second-order valence-corrected chi connectivity index (χ2v) is 9.28. The number of imide groups is 2. The van der Waals surface area contributed by atoms with E-state index in [2.05, 4.69) is 21.2 Å². The first kappa shape index (κ1) is 25.3. The van der Waals surface area contributed by atoms with E-state index in [0.717, 1.165) is 21.6 Å². The minimum absolute atomic E-state index is 0.189. The molecule has 1 aliphatic rings. The summed E-state index contributed by atoms with van der Waals surface area (Å²) in [6.45, 7) is 5.90. The minimum Gasteiger partial charge on any atom is -0.494 e. The van der Waals surface area contributed by atoms with Crippen LogP contribution in [0.5, 0.6) is 5.75 Å².